The van der Waals surface area contributed by atoms with E-state index in [1.165, 1.54) is 7.11 Å². The Hall–Kier alpha value is -2.19. The SMILES string of the molecule is CCO[C@@H](C)O[C@H]1C[C@@H](C(=O)OC)[C@]2(C)CC[C@H]3C(=O)O[C@H](c4ccoc4)C[C@]3(C)[C@H]2C1=O. The molecule has 0 spiro atoms. The summed E-state index contributed by atoms with van der Waals surface area (Å²) < 4.78 is 27.7. The third-order valence-corrected chi connectivity index (χ3v) is 8.26. The highest BCUT2D eigenvalue weighted by atomic mass is 16.7. The number of ketones is 1. The van der Waals surface area contributed by atoms with E-state index < -0.39 is 47.1 Å². The number of ether oxygens (including phenoxy) is 4. The molecule has 1 aromatic heterocycles. The largest absolute Gasteiger partial charge is 0.472 e. The highest BCUT2D eigenvalue weighted by molar-refractivity contribution is 5.92. The van der Waals surface area contributed by atoms with Crippen LogP contribution < -0.4 is 0 Å². The molecule has 2 heterocycles. The molecule has 33 heavy (non-hydrogen) atoms. The second-order valence-corrected chi connectivity index (χ2v) is 10.1. The fraction of sp³-hybridized carbons (Fsp3) is 0.720. The first-order valence-corrected chi connectivity index (χ1v) is 11.8. The second-order valence-electron chi connectivity index (χ2n) is 10.1. The van der Waals surface area contributed by atoms with Gasteiger partial charge in [0.15, 0.2) is 12.1 Å². The van der Waals surface area contributed by atoms with Crippen LogP contribution in [0.5, 0.6) is 0 Å². The van der Waals surface area contributed by atoms with E-state index in [0.29, 0.717) is 25.9 Å². The molecule has 3 aliphatic rings. The lowest BCUT2D eigenvalue weighted by Crippen LogP contribution is -2.64. The minimum Gasteiger partial charge on any atom is -0.472 e. The van der Waals surface area contributed by atoms with Gasteiger partial charge in [-0.2, -0.15) is 0 Å². The number of rotatable bonds is 6. The molecule has 8 atom stereocenters. The lowest BCUT2D eigenvalue weighted by molar-refractivity contribution is -0.222. The Labute approximate surface area is 194 Å². The number of cyclic esters (lactones) is 1. The minimum absolute atomic E-state index is 0.0722. The summed E-state index contributed by atoms with van der Waals surface area (Å²) >= 11 is 0. The molecule has 1 aliphatic heterocycles. The monoisotopic (exact) mass is 462 g/mol. The normalized spacial score (nSPS) is 39.2. The molecule has 3 fully saturated rings. The van der Waals surface area contributed by atoms with E-state index in [1.807, 2.05) is 20.8 Å². The van der Waals surface area contributed by atoms with Crippen LogP contribution in [0.4, 0.5) is 0 Å². The predicted octanol–water partition coefficient (Wildman–Crippen LogP) is 3.84. The van der Waals surface area contributed by atoms with Crippen molar-refractivity contribution in [1.82, 2.24) is 0 Å². The number of fused-ring (bicyclic) bond motifs is 3. The number of carbonyl (C=O) groups excluding carboxylic acids is 3. The molecule has 0 aromatic carbocycles. The van der Waals surface area contributed by atoms with Crippen molar-refractivity contribution >= 4 is 17.7 Å². The van der Waals surface area contributed by atoms with Crippen LogP contribution in [0.15, 0.2) is 23.0 Å². The maximum absolute atomic E-state index is 14.0. The number of Topliss-reactive ketones (excluding diaryl/α,β-unsaturated/α-hetero) is 1. The van der Waals surface area contributed by atoms with Gasteiger partial charge in [-0.1, -0.05) is 13.8 Å². The summed E-state index contributed by atoms with van der Waals surface area (Å²) in [6.07, 6.45) is 3.03. The van der Waals surface area contributed by atoms with E-state index in [9.17, 15) is 14.4 Å². The third kappa shape index (κ3) is 3.91. The summed E-state index contributed by atoms with van der Waals surface area (Å²) in [5, 5.41) is 0. The van der Waals surface area contributed by atoms with Crippen molar-refractivity contribution < 1.29 is 37.7 Å². The van der Waals surface area contributed by atoms with Crippen LogP contribution >= 0.6 is 0 Å². The van der Waals surface area contributed by atoms with Gasteiger partial charge in [0.05, 0.1) is 31.5 Å². The van der Waals surface area contributed by atoms with Gasteiger partial charge in [-0.3, -0.25) is 14.4 Å². The first-order chi connectivity index (χ1) is 15.7. The second kappa shape index (κ2) is 8.87. The van der Waals surface area contributed by atoms with Crippen LogP contribution in [0, 0.1) is 28.6 Å². The molecule has 2 saturated carbocycles. The van der Waals surface area contributed by atoms with Gasteiger partial charge in [-0.15, -0.1) is 0 Å². The van der Waals surface area contributed by atoms with E-state index >= 15 is 0 Å². The molecule has 182 valence electrons. The Kier molecular flexibility index (Phi) is 6.44. The van der Waals surface area contributed by atoms with E-state index in [4.69, 9.17) is 23.4 Å². The van der Waals surface area contributed by atoms with Gasteiger partial charge in [0.2, 0.25) is 0 Å². The Morgan fingerprint density at radius 3 is 2.67 bits per heavy atom. The van der Waals surface area contributed by atoms with Crippen LogP contribution in [0.2, 0.25) is 0 Å². The van der Waals surface area contributed by atoms with E-state index in [0.717, 1.165) is 5.56 Å². The molecule has 0 amide bonds. The lowest BCUT2D eigenvalue weighted by atomic mass is 9.43. The van der Waals surface area contributed by atoms with E-state index in [1.54, 1.807) is 25.5 Å². The smallest absolute Gasteiger partial charge is 0.310 e. The van der Waals surface area contributed by atoms with Crippen molar-refractivity contribution in [3.8, 4) is 0 Å². The topological polar surface area (TPSA) is 101 Å². The summed E-state index contributed by atoms with van der Waals surface area (Å²) in [7, 11) is 1.37. The third-order valence-electron chi connectivity index (χ3n) is 8.26. The molecule has 1 saturated heterocycles. The summed E-state index contributed by atoms with van der Waals surface area (Å²) in [6.45, 7) is 8.03. The maximum atomic E-state index is 14.0. The van der Waals surface area contributed by atoms with Gasteiger partial charge in [0.25, 0.3) is 0 Å². The zero-order chi connectivity index (χ0) is 24.0. The van der Waals surface area contributed by atoms with Crippen LogP contribution in [-0.4, -0.2) is 43.8 Å². The summed E-state index contributed by atoms with van der Waals surface area (Å²) in [5.74, 6) is -2.24. The molecule has 8 heteroatoms. The molecular weight excluding hydrogens is 428 g/mol. The highest BCUT2D eigenvalue weighted by Gasteiger charge is 2.67. The van der Waals surface area contributed by atoms with Crippen molar-refractivity contribution in [2.45, 2.75) is 71.9 Å². The first kappa shape index (κ1) is 24.0. The average Bonchev–Trinajstić information content (AvgIpc) is 3.29. The standard InChI is InChI=1S/C25H34O8/c1-6-31-14(2)32-18-11-17(22(27)29-5)24(3)9-7-16-23(28)33-19(15-8-10-30-13-15)12-25(16,4)21(24)20(18)26/h8,10,13-14,16-19,21H,6-7,9,11-12H2,1-5H3/t14-,16+,17+,18+,19+,21+,24+,25+/m1/s1. The Morgan fingerprint density at radius 2 is 2.03 bits per heavy atom. The van der Waals surface area contributed by atoms with Gasteiger partial charge in [-0.25, -0.2) is 0 Å². The zero-order valence-electron chi connectivity index (χ0n) is 20.0. The maximum Gasteiger partial charge on any atom is 0.310 e. The minimum atomic E-state index is -0.811. The number of hydrogen-bond donors (Lipinski definition) is 0. The summed E-state index contributed by atoms with van der Waals surface area (Å²) in [5.41, 5.74) is -0.589. The molecule has 4 rings (SSSR count). The van der Waals surface area contributed by atoms with Gasteiger partial charge >= 0.3 is 11.9 Å². The van der Waals surface area contributed by atoms with Gasteiger partial charge in [-0.05, 0) is 56.4 Å². The Balaban J connectivity index is 1.75. The van der Waals surface area contributed by atoms with Crippen molar-refractivity contribution in [2.24, 2.45) is 28.6 Å². The summed E-state index contributed by atoms with van der Waals surface area (Å²) in [4.78, 5) is 40.1. The van der Waals surface area contributed by atoms with Crippen LogP contribution in [0.1, 0.15) is 65.0 Å². The number of furan rings is 1. The molecule has 0 radical (unpaired) electrons. The first-order valence-electron chi connectivity index (χ1n) is 11.8. The molecule has 0 N–H and O–H groups in total. The van der Waals surface area contributed by atoms with Crippen molar-refractivity contribution in [3.05, 3.63) is 24.2 Å². The van der Waals surface area contributed by atoms with Gasteiger partial charge in [0.1, 0.15) is 12.2 Å². The van der Waals surface area contributed by atoms with Gasteiger partial charge < -0.3 is 23.4 Å². The number of esters is 2. The summed E-state index contributed by atoms with van der Waals surface area (Å²) in [6, 6.07) is 1.78. The fourth-order valence-electron chi connectivity index (χ4n) is 6.78. The molecular formula is C25H34O8. The molecule has 0 bridgehead atoms. The average molecular weight is 463 g/mol. The van der Waals surface area contributed by atoms with Crippen molar-refractivity contribution in [2.75, 3.05) is 13.7 Å². The lowest BCUT2D eigenvalue weighted by Gasteiger charge is -2.61. The fourth-order valence-corrected chi connectivity index (χ4v) is 6.78. The molecule has 1 aromatic rings. The Morgan fingerprint density at radius 1 is 1.27 bits per heavy atom. The zero-order valence-corrected chi connectivity index (χ0v) is 20.0. The van der Waals surface area contributed by atoms with Crippen LogP contribution in [-0.2, 0) is 33.3 Å². The molecule has 2 aliphatic carbocycles. The Bertz CT molecular complexity index is 894. The quantitative estimate of drug-likeness (QED) is 0.464. The number of carbonyl (C=O) groups is 3. The molecule has 0 unspecified atom stereocenters. The van der Waals surface area contributed by atoms with E-state index in [2.05, 4.69) is 0 Å². The number of methoxy groups -OCH3 is 1. The van der Waals surface area contributed by atoms with E-state index in [-0.39, 0.29) is 24.1 Å². The van der Waals surface area contributed by atoms with Gasteiger partial charge in [0, 0.05) is 18.1 Å². The highest BCUT2D eigenvalue weighted by Crippen LogP contribution is 2.65. The van der Waals surface area contributed by atoms with Crippen molar-refractivity contribution in [3.63, 3.8) is 0 Å². The number of hydrogen-bond acceptors (Lipinski definition) is 8. The van der Waals surface area contributed by atoms with Crippen LogP contribution in [0.25, 0.3) is 0 Å². The van der Waals surface area contributed by atoms with Crippen molar-refractivity contribution in [1.29, 1.82) is 0 Å². The predicted molar refractivity (Wildman–Crippen MR) is 116 cm³/mol. The van der Waals surface area contributed by atoms with Crippen LogP contribution in [0.3, 0.4) is 0 Å². The molecule has 8 nitrogen and oxygen atoms in total.